The van der Waals surface area contributed by atoms with Crippen LogP contribution in [0.4, 0.5) is 5.95 Å². The summed E-state index contributed by atoms with van der Waals surface area (Å²) in [6, 6.07) is 14.4. The molecular formula is C16H12IN4. The van der Waals surface area contributed by atoms with Gasteiger partial charge >= 0.3 is 0 Å². The Labute approximate surface area is 135 Å². The number of halogens is 1. The van der Waals surface area contributed by atoms with Crippen LogP contribution in [-0.4, -0.2) is 9.97 Å². The van der Waals surface area contributed by atoms with E-state index in [0.717, 1.165) is 26.7 Å². The van der Waals surface area contributed by atoms with Gasteiger partial charge in [-0.3, -0.25) is 0 Å². The number of aromatic nitrogens is 2. The van der Waals surface area contributed by atoms with Gasteiger partial charge in [-0.15, -0.1) is 0 Å². The topological polar surface area (TPSA) is 65.9 Å². The van der Waals surface area contributed by atoms with Gasteiger partial charge in [0, 0.05) is 15.5 Å². The molecule has 103 valence electrons. The van der Waals surface area contributed by atoms with E-state index in [-0.39, 0.29) is 6.04 Å². The number of rotatable bonds is 1. The normalized spacial score (nSPS) is 17.1. The molecule has 1 aliphatic rings. The molecule has 1 atom stereocenters. The first-order chi connectivity index (χ1) is 10.2. The lowest BCUT2D eigenvalue weighted by molar-refractivity contribution is 0.640. The minimum absolute atomic E-state index is 0.0489. The number of anilines is 1. The number of hydrogen-bond donors (Lipinski definition) is 1. The number of nitrogen functional groups attached to an aromatic ring is 1. The molecule has 4 nitrogen and oxygen atoms in total. The zero-order chi connectivity index (χ0) is 14.4. The molecule has 1 radical (unpaired) electrons. The first kappa shape index (κ1) is 13.0. The van der Waals surface area contributed by atoms with Gasteiger partial charge in [0.2, 0.25) is 5.95 Å². The summed E-state index contributed by atoms with van der Waals surface area (Å²) in [4.78, 5) is 8.82. The van der Waals surface area contributed by atoms with E-state index in [9.17, 15) is 0 Å². The van der Waals surface area contributed by atoms with Crippen LogP contribution >= 0.6 is 22.6 Å². The van der Waals surface area contributed by atoms with Crippen molar-refractivity contribution in [2.75, 3.05) is 5.73 Å². The van der Waals surface area contributed by atoms with E-state index in [4.69, 9.17) is 11.1 Å². The molecule has 2 aromatic carbocycles. The minimum Gasteiger partial charge on any atom is -0.368 e. The molecule has 0 fully saturated rings. The van der Waals surface area contributed by atoms with E-state index in [0.29, 0.717) is 5.95 Å². The number of benzene rings is 2. The van der Waals surface area contributed by atoms with Crippen LogP contribution in [0.1, 0.15) is 22.9 Å². The predicted molar refractivity (Wildman–Crippen MR) is 90.8 cm³/mol. The SMILES string of the molecule is Nc1nc(C2[N]Cc3ccccc32)c2cc(I)ccc2n1. The van der Waals surface area contributed by atoms with Crippen molar-refractivity contribution in [3.05, 3.63) is 62.9 Å². The van der Waals surface area contributed by atoms with Gasteiger partial charge in [-0.1, -0.05) is 24.3 Å². The summed E-state index contributed by atoms with van der Waals surface area (Å²) in [6.45, 7) is 0.732. The van der Waals surface area contributed by atoms with Gasteiger partial charge in [0.1, 0.15) is 0 Å². The highest BCUT2D eigenvalue weighted by Gasteiger charge is 2.27. The fraction of sp³-hybridized carbons (Fsp3) is 0.125. The van der Waals surface area contributed by atoms with Crippen LogP contribution < -0.4 is 11.1 Å². The Kier molecular flexibility index (Phi) is 3.04. The van der Waals surface area contributed by atoms with Crippen LogP contribution in [0.3, 0.4) is 0 Å². The summed E-state index contributed by atoms with van der Waals surface area (Å²) in [5, 5.41) is 5.78. The van der Waals surface area contributed by atoms with Crippen LogP contribution in [0.25, 0.3) is 10.9 Å². The third kappa shape index (κ3) is 2.16. The third-order valence-electron chi connectivity index (χ3n) is 3.76. The number of nitrogens with two attached hydrogens (primary N) is 1. The summed E-state index contributed by atoms with van der Waals surface area (Å²) < 4.78 is 1.15. The van der Waals surface area contributed by atoms with Crippen molar-refractivity contribution in [2.45, 2.75) is 12.6 Å². The molecule has 0 aliphatic carbocycles. The van der Waals surface area contributed by atoms with Crippen molar-refractivity contribution in [2.24, 2.45) is 0 Å². The molecule has 0 amide bonds. The quantitative estimate of drug-likeness (QED) is 0.653. The van der Waals surface area contributed by atoms with Gasteiger partial charge in [-0.05, 0) is 51.9 Å². The van der Waals surface area contributed by atoms with Crippen LogP contribution in [-0.2, 0) is 6.54 Å². The molecule has 1 aromatic heterocycles. The van der Waals surface area contributed by atoms with Crippen LogP contribution in [0.5, 0.6) is 0 Å². The second-order valence-corrected chi connectivity index (χ2v) is 6.32. The van der Waals surface area contributed by atoms with Gasteiger partial charge in [0.25, 0.3) is 0 Å². The molecule has 2 N–H and O–H groups in total. The van der Waals surface area contributed by atoms with E-state index in [1.54, 1.807) is 0 Å². The zero-order valence-electron chi connectivity index (χ0n) is 11.1. The third-order valence-corrected chi connectivity index (χ3v) is 4.43. The molecule has 0 spiro atoms. The lowest BCUT2D eigenvalue weighted by atomic mass is 10.00. The van der Waals surface area contributed by atoms with Crippen molar-refractivity contribution in [1.29, 1.82) is 0 Å². The van der Waals surface area contributed by atoms with Gasteiger partial charge in [0.15, 0.2) is 0 Å². The summed E-state index contributed by atoms with van der Waals surface area (Å²) in [7, 11) is 0. The Morgan fingerprint density at radius 2 is 1.95 bits per heavy atom. The van der Waals surface area contributed by atoms with E-state index in [2.05, 4.69) is 50.8 Å². The Hall–Kier alpha value is -1.73. The van der Waals surface area contributed by atoms with Crippen molar-refractivity contribution >= 4 is 39.4 Å². The number of hydrogen-bond acceptors (Lipinski definition) is 3. The summed E-state index contributed by atoms with van der Waals surface area (Å²) in [6.07, 6.45) is 0. The van der Waals surface area contributed by atoms with E-state index in [1.807, 2.05) is 24.3 Å². The average Bonchev–Trinajstić information content (AvgIpc) is 2.91. The highest BCUT2D eigenvalue weighted by Crippen LogP contribution is 2.35. The largest absolute Gasteiger partial charge is 0.368 e. The summed E-state index contributed by atoms with van der Waals surface area (Å²) in [5.74, 6) is 0.304. The van der Waals surface area contributed by atoms with Crippen molar-refractivity contribution < 1.29 is 0 Å². The maximum absolute atomic E-state index is 5.88. The standard InChI is InChI=1S/C16H12IN4/c17-10-5-6-13-12(7-10)15(21-16(18)20-13)14-11-4-2-1-3-9(11)8-19-14/h1-7,14H,8H2,(H2,18,20,21). The number of fused-ring (bicyclic) bond motifs is 2. The lowest BCUT2D eigenvalue weighted by Gasteiger charge is -2.14. The average molecular weight is 387 g/mol. The fourth-order valence-corrected chi connectivity index (χ4v) is 3.31. The van der Waals surface area contributed by atoms with E-state index < -0.39 is 0 Å². The molecular weight excluding hydrogens is 375 g/mol. The summed E-state index contributed by atoms with van der Waals surface area (Å²) in [5.41, 5.74) is 10.1. The first-order valence-corrected chi connectivity index (χ1v) is 7.77. The molecule has 5 heteroatoms. The highest BCUT2D eigenvalue weighted by molar-refractivity contribution is 14.1. The molecule has 0 saturated carbocycles. The van der Waals surface area contributed by atoms with Crippen LogP contribution in [0, 0.1) is 3.57 Å². The molecule has 0 bridgehead atoms. The number of nitrogens with zero attached hydrogens (tertiary/aromatic N) is 3. The molecule has 2 heterocycles. The molecule has 3 aromatic rings. The molecule has 1 aliphatic heterocycles. The van der Waals surface area contributed by atoms with Gasteiger partial charge in [0.05, 0.1) is 17.3 Å². The van der Waals surface area contributed by atoms with Gasteiger partial charge < -0.3 is 5.73 Å². The maximum atomic E-state index is 5.88. The van der Waals surface area contributed by atoms with Gasteiger partial charge in [-0.25, -0.2) is 15.3 Å². The molecule has 4 rings (SSSR count). The molecule has 0 saturated heterocycles. The Bertz CT molecular complexity index is 847. The lowest BCUT2D eigenvalue weighted by Crippen LogP contribution is -2.11. The van der Waals surface area contributed by atoms with Crippen molar-refractivity contribution in [3.63, 3.8) is 0 Å². The molecule has 1 unspecified atom stereocenters. The second kappa shape index (κ2) is 4.92. The zero-order valence-corrected chi connectivity index (χ0v) is 13.3. The fourth-order valence-electron chi connectivity index (χ4n) is 2.82. The van der Waals surface area contributed by atoms with Crippen LogP contribution in [0.15, 0.2) is 42.5 Å². The van der Waals surface area contributed by atoms with Crippen LogP contribution in [0.2, 0.25) is 0 Å². The Morgan fingerprint density at radius 1 is 1.10 bits per heavy atom. The summed E-state index contributed by atoms with van der Waals surface area (Å²) >= 11 is 2.30. The monoisotopic (exact) mass is 387 g/mol. The molecule has 21 heavy (non-hydrogen) atoms. The Morgan fingerprint density at radius 3 is 2.86 bits per heavy atom. The minimum atomic E-state index is -0.0489. The van der Waals surface area contributed by atoms with E-state index >= 15 is 0 Å². The van der Waals surface area contributed by atoms with Crippen molar-refractivity contribution in [3.8, 4) is 0 Å². The maximum Gasteiger partial charge on any atom is 0.220 e. The highest BCUT2D eigenvalue weighted by atomic mass is 127. The second-order valence-electron chi connectivity index (χ2n) is 5.07. The van der Waals surface area contributed by atoms with Crippen molar-refractivity contribution in [1.82, 2.24) is 15.3 Å². The predicted octanol–water partition coefficient (Wildman–Crippen LogP) is 3.02. The smallest absolute Gasteiger partial charge is 0.220 e. The van der Waals surface area contributed by atoms with Gasteiger partial charge in [-0.2, -0.15) is 0 Å². The van der Waals surface area contributed by atoms with E-state index in [1.165, 1.54) is 11.1 Å². The Balaban J connectivity index is 1.97. The first-order valence-electron chi connectivity index (χ1n) is 6.69.